The topological polar surface area (TPSA) is 59.6 Å². The van der Waals surface area contributed by atoms with Crippen molar-refractivity contribution in [1.29, 1.82) is 0 Å². The standard InChI is InChI=1S/C18H32N2O3.ClH/c1-3-23-15-13-14(17(15)7-5-4-6-8-17)20-16(21)18(22-2)9-11-19-12-10-18;/h14-15,19H,3-13H2,1-2H3,(H,20,21);1H. The minimum atomic E-state index is -0.641. The summed E-state index contributed by atoms with van der Waals surface area (Å²) in [5.41, 5.74) is -0.469. The largest absolute Gasteiger partial charge is 0.378 e. The average molecular weight is 361 g/mol. The molecule has 2 unspecified atom stereocenters. The van der Waals surface area contributed by atoms with E-state index in [1.165, 1.54) is 32.1 Å². The van der Waals surface area contributed by atoms with Gasteiger partial charge in [-0.05, 0) is 52.1 Å². The Hall–Kier alpha value is -0.360. The van der Waals surface area contributed by atoms with Crippen LogP contribution in [0.3, 0.4) is 0 Å². The first-order chi connectivity index (χ1) is 11.2. The maximum atomic E-state index is 12.9. The number of carbonyl (C=O) groups excluding carboxylic acids is 1. The predicted octanol–water partition coefficient (Wildman–Crippen LogP) is 2.42. The fourth-order valence-corrected chi connectivity index (χ4v) is 4.91. The zero-order valence-corrected chi connectivity index (χ0v) is 15.9. The highest BCUT2D eigenvalue weighted by atomic mass is 35.5. The summed E-state index contributed by atoms with van der Waals surface area (Å²) in [4.78, 5) is 12.9. The summed E-state index contributed by atoms with van der Waals surface area (Å²) in [6, 6.07) is 0.258. The molecule has 1 saturated heterocycles. The molecule has 0 aromatic rings. The Labute approximate surface area is 152 Å². The molecule has 1 spiro atoms. The highest BCUT2D eigenvalue weighted by molar-refractivity contribution is 5.86. The first-order valence-corrected chi connectivity index (χ1v) is 9.35. The van der Waals surface area contributed by atoms with Crippen LogP contribution in [-0.2, 0) is 14.3 Å². The number of hydrogen-bond donors (Lipinski definition) is 2. The highest BCUT2D eigenvalue weighted by Crippen LogP contribution is 2.53. The van der Waals surface area contributed by atoms with Crippen LogP contribution in [-0.4, -0.2) is 50.5 Å². The van der Waals surface area contributed by atoms with Crippen LogP contribution in [0.25, 0.3) is 0 Å². The van der Waals surface area contributed by atoms with Gasteiger partial charge in [-0.2, -0.15) is 0 Å². The van der Waals surface area contributed by atoms with Crippen LogP contribution in [0.15, 0.2) is 0 Å². The lowest BCUT2D eigenvalue weighted by molar-refractivity contribution is -0.168. The molecular weight excluding hydrogens is 328 g/mol. The SMILES string of the molecule is CCOC1CC(NC(=O)C2(OC)CCNCC2)C12CCCCC2.Cl. The Morgan fingerprint density at radius 2 is 1.83 bits per heavy atom. The van der Waals surface area contributed by atoms with E-state index < -0.39 is 5.60 Å². The lowest BCUT2D eigenvalue weighted by Gasteiger charge is -2.58. The first-order valence-electron chi connectivity index (χ1n) is 9.35. The third-order valence-electron chi connectivity index (χ3n) is 6.46. The van der Waals surface area contributed by atoms with Gasteiger partial charge >= 0.3 is 0 Å². The van der Waals surface area contributed by atoms with Crippen LogP contribution in [0.5, 0.6) is 0 Å². The Kier molecular flexibility index (Phi) is 6.94. The molecule has 2 saturated carbocycles. The number of nitrogens with one attached hydrogen (secondary N) is 2. The van der Waals surface area contributed by atoms with E-state index in [4.69, 9.17) is 9.47 Å². The molecule has 0 aromatic heterocycles. The summed E-state index contributed by atoms with van der Waals surface area (Å²) < 4.78 is 11.7. The van der Waals surface area contributed by atoms with Crippen molar-refractivity contribution in [1.82, 2.24) is 10.6 Å². The Morgan fingerprint density at radius 1 is 1.17 bits per heavy atom. The molecule has 3 rings (SSSR count). The summed E-state index contributed by atoms with van der Waals surface area (Å²) in [5, 5.41) is 6.67. The summed E-state index contributed by atoms with van der Waals surface area (Å²) >= 11 is 0. The van der Waals surface area contributed by atoms with Gasteiger partial charge in [-0.1, -0.05) is 19.3 Å². The minimum absolute atomic E-state index is 0. The van der Waals surface area contributed by atoms with Crippen LogP contribution in [0.2, 0.25) is 0 Å². The van der Waals surface area contributed by atoms with E-state index in [-0.39, 0.29) is 29.8 Å². The predicted molar refractivity (Wildman–Crippen MR) is 96.6 cm³/mol. The second-order valence-corrected chi connectivity index (χ2v) is 7.45. The fraction of sp³-hybridized carbons (Fsp3) is 0.944. The monoisotopic (exact) mass is 360 g/mol. The number of methoxy groups -OCH3 is 1. The van der Waals surface area contributed by atoms with Crippen molar-refractivity contribution in [3.8, 4) is 0 Å². The van der Waals surface area contributed by atoms with Gasteiger partial charge in [0, 0.05) is 25.2 Å². The van der Waals surface area contributed by atoms with Crippen molar-refractivity contribution in [2.75, 3.05) is 26.8 Å². The van der Waals surface area contributed by atoms with Gasteiger partial charge in [-0.3, -0.25) is 4.79 Å². The molecule has 1 aliphatic heterocycles. The van der Waals surface area contributed by atoms with Crippen molar-refractivity contribution in [2.45, 2.75) is 76.0 Å². The lowest BCUT2D eigenvalue weighted by Crippen LogP contribution is -2.68. The highest BCUT2D eigenvalue weighted by Gasteiger charge is 2.57. The van der Waals surface area contributed by atoms with E-state index in [0.29, 0.717) is 6.10 Å². The van der Waals surface area contributed by atoms with Gasteiger partial charge in [0.1, 0.15) is 5.60 Å². The van der Waals surface area contributed by atoms with E-state index in [2.05, 4.69) is 17.6 Å². The van der Waals surface area contributed by atoms with Gasteiger partial charge in [0.05, 0.1) is 6.10 Å². The quantitative estimate of drug-likeness (QED) is 0.790. The maximum Gasteiger partial charge on any atom is 0.252 e. The number of piperidine rings is 1. The first kappa shape index (κ1) is 20.0. The second kappa shape index (κ2) is 8.35. The van der Waals surface area contributed by atoms with Crippen molar-refractivity contribution < 1.29 is 14.3 Å². The lowest BCUT2D eigenvalue weighted by atomic mass is 9.55. The normalized spacial score (nSPS) is 30.9. The maximum absolute atomic E-state index is 12.9. The number of carbonyl (C=O) groups is 1. The van der Waals surface area contributed by atoms with E-state index in [1.54, 1.807) is 7.11 Å². The summed E-state index contributed by atoms with van der Waals surface area (Å²) in [5.74, 6) is 0.0893. The van der Waals surface area contributed by atoms with E-state index in [9.17, 15) is 4.79 Å². The molecule has 2 N–H and O–H groups in total. The van der Waals surface area contributed by atoms with Crippen LogP contribution in [0.1, 0.15) is 58.3 Å². The molecule has 3 fully saturated rings. The van der Waals surface area contributed by atoms with Crippen molar-refractivity contribution in [2.24, 2.45) is 5.41 Å². The molecule has 1 heterocycles. The van der Waals surface area contributed by atoms with Gasteiger partial charge in [0.25, 0.3) is 5.91 Å². The Balaban J connectivity index is 0.00000208. The fourth-order valence-electron chi connectivity index (χ4n) is 4.91. The Morgan fingerprint density at radius 3 is 2.42 bits per heavy atom. The van der Waals surface area contributed by atoms with Crippen LogP contribution < -0.4 is 10.6 Å². The van der Waals surface area contributed by atoms with E-state index >= 15 is 0 Å². The zero-order valence-electron chi connectivity index (χ0n) is 15.1. The number of hydrogen-bond acceptors (Lipinski definition) is 4. The molecule has 2 atom stereocenters. The van der Waals surface area contributed by atoms with Gasteiger partial charge in [0.15, 0.2) is 0 Å². The van der Waals surface area contributed by atoms with Gasteiger partial charge in [-0.15, -0.1) is 12.4 Å². The molecule has 0 bridgehead atoms. The third-order valence-corrected chi connectivity index (χ3v) is 6.46. The van der Waals surface area contributed by atoms with Gasteiger partial charge in [0.2, 0.25) is 0 Å². The molecule has 6 heteroatoms. The van der Waals surface area contributed by atoms with Gasteiger partial charge in [-0.25, -0.2) is 0 Å². The number of amides is 1. The smallest absolute Gasteiger partial charge is 0.252 e. The number of halogens is 1. The molecular formula is C18H33ClN2O3. The van der Waals surface area contributed by atoms with Crippen LogP contribution >= 0.6 is 12.4 Å². The Bertz CT molecular complexity index is 420. The molecule has 0 aromatic carbocycles. The zero-order chi connectivity index (χ0) is 16.3. The second-order valence-electron chi connectivity index (χ2n) is 7.45. The number of ether oxygens (including phenoxy) is 2. The van der Waals surface area contributed by atoms with Crippen LogP contribution in [0.4, 0.5) is 0 Å². The molecule has 1 amide bonds. The molecule has 24 heavy (non-hydrogen) atoms. The summed E-state index contributed by atoms with van der Waals surface area (Å²) in [7, 11) is 1.67. The van der Waals surface area contributed by atoms with Crippen LogP contribution in [0, 0.1) is 5.41 Å². The average Bonchev–Trinajstić information content (AvgIpc) is 2.62. The summed E-state index contributed by atoms with van der Waals surface area (Å²) in [6.07, 6.45) is 8.99. The van der Waals surface area contributed by atoms with E-state index in [1.807, 2.05) is 0 Å². The molecule has 140 valence electrons. The van der Waals surface area contributed by atoms with Crippen molar-refractivity contribution >= 4 is 18.3 Å². The third kappa shape index (κ3) is 3.46. The molecule has 0 radical (unpaired) electrons. The van der Waals surface area contributed by atoms with E-state index in [0.717, 1.165) is 39.0 Å². The van der Waals surface area contributed by atoms with Crippen molar-refractivity contribution in [3.05, 3.63) is 0 Å². The molecule has 2 aliphatic carbocycles. The summed E-state index contributed by atoms with van der Waals surface area (Å²) in [6.45, 7) is 4.52. The molecule has 5 nitrogen and oxygen atoms in total. The van der Waals surface area contributed by atoms with Crippen molar-refractivity contribution in [3.63, 3.8) is 0 Å². The number of rotatable bonds is 5. The minimum Gasteiger partial charge on any atom is -0.378 e. The van der Waals surface area contributed by atoms with Gasteiger partial charge < -0.3 is 20.1 Å². The molecule has 3 aliphatic rings.